The molecule has 3 nitrogen and oxygen atoms in total. The molecule has 0 amide bonds. The SMILES string of the molecule is CC(C)(C)NCc1nnc(-c2cc3c(s2)CCSC3)s1. The monoisotopic (exact) mass is 325 g/mol. The smallest absolute Gasteiger partial charge is 0.157 e. The zero-order valence-electron chi connectivity index (χ0n) is 12.0. The van der Waals surface area contributed by atoms with Crippen molar-refractivity contribution in [2.24, 2.45) is 0 Å². The standard InChI is InChI=1S/C14H19N3S3/c1-14(2,3)15-7-12-16-17-13(20-12)11-6-9-8-18-5-4-10(9)19-11/h6,15H,4-5,7-8H2,1-3H3. The van der Waals surface area contributed by atoms with Crippen molar-refractivity contribution in [1.82, 2.24) is 15.5 Å². The van der Waals surface area contributed by atoms with E-state index in [-0.39, 0.29) is 5.54 Å². The number of rotatable bonds is 3. The molecule has 20 heavy (non-hydrogen) atoms. The van der Waals surface area contributed by atoms with Crippen molar-refractivity contribution in [3.8, 4) is 9.88 Å². The van der Waals surface area contributed by atoms with Gasteiger partial charge in [-0.25, -0.2) is 0 Å². The summed E-state index contributed by atoms with van der Waals surface area (Å²) in [6, 6.07) is 2.31. The molecule has 0 spiro atoms. The second-order valence-corrected chi connectivity index (χ2v) is 9.27. The van der Waals surface area contributed by atoms with Gasteiger partial charge in [-0.2, -0.15) is 11.8 Å². The maximum Gasteiger partial charge on any atom is 0.157 e. The van der Waals surface area contributed by atoms with Gasteiger partial charge in [0.25, 0.3) is 0 Å². The number of nitrogens with one attached hydrogen (secondary N) is 1. The molecule has 1 aliphatic heterocycles. The fraction of sp³-hybridized carbons (Fsp3) is 0.571. The Balaban J connectivity index is 1.74. The molecule has 0 aromatic carbocycles. The van der Waals surface area contributed by atoms with E-state index >= 15 is 0 Å². The molecule has 0 aliphatic carbocycles. The quantitative estimate of drug-likeness (QED) is 0.927. The molecule has 2 aromatic heterocycles. The van der Waals surface area contributed by atoms with Crippen LogP contribution in [0, 0.1) is 0 Å². The molecule has 0 bridgehead atoms. The van der Waals surface area contributed by atoms with Crippen LogP contribution in [-0.2, 0) is 18.7 Å². The third-order valence-electron chi connectivity index (χ3n) is 3.08. The van der Waals surface area contributed by atoms with Gasteiger partial charge >= 0.3 is 0 Å². The van der Waals surface area contributed by atoms with Crippen LogP contribution >= 0.6 is 34.4 Å². The Bertz CT molecular complexity index is 572. The van der Waals surface area contributed by atoms with Gasteiger partial charge in [0.2, 0.25) is 0 Å². The minimum absolute atomic E-state index is 0.116. The molecular weight excluding hydrogens is 306 g/mol. The van der Waals surface area contributed by atoms with E-state index in [1.807, 2.05) is 23.1 Å². The lowest BCUT2D eigenvalue weighted by Gasteiger charge is -2.19. The van der Waals surface area contributed by atoms with Gasteiger partial charge in [-0.05, 0) is 44.6 Å². The first kappa shape index (κ1) is 14.5. The molecule has 0 atom stereocenters. The van der Waals surface area contributed by atoms with Crippen molar-refractivity contribution in [2.45, 2.75) is 45.0 Å². The minimum Gasteiger partial charge on any atom is -0.306 e. The van der Waals surface area contributed by atoms with E-state index in [1.165, 1.54) is 22.6 Å². The van der Waals surface area contributed by atoms with Crippen LogP contribution in [0.4, 0.5) is 0 Å². The van der Waals surface area contributed by atoms with Crippen LogP contribution in [0.25, 0.3) is 9.88 Å². The van der Waals surface area contributed by atoms with Crippen molar-refractivity contribution in [3.63, 3.8) is 0 Å². The normalized spacial score (nSPS) is 15.3. The van der Waals surface area contributed by atoms with Gasteiger partial charge in [0, 0.05) is 16.2 Å². The maximum absolute atomic E-state index is 4.36. The third-order valence-corrected chi connectivity index (χ3v) is 6.41. The van der Waals surface area contributed by atoms with Crippen molar-refractivity contribution < 1.29 is 0 Å². The zero-order valence-corrected chi connectivity index (χ0v) is 14.5. The number of fused-ring (bicyclic) bond motifs is 1. The van der Waals surface area contributed by atoms with E-state index in [0.717, 1.165) is 22.3 Å². The highest BCUT2D eigenvalue weighted by Crippen LogP contribution is 2.37. The van der Waals surface area contributed by atoms with E-state index in [9.17, 15) is 0 Å². The van der Waals surface area contributed by atoms with Gasteiger partial charge in [0.15, 0.2) is 5.01 Å². The van der Waals surface area contributed by atoms with Gasteiger partial charge in [0.05, 0.1) is 11.4 Å². The Morgan fingerprint density at radius 2 is 2.10 bits per heavy atom. The van der Waals surface area contributed by atoms with Crippen molar-refractivity contribution in [3.05, 3.63) is 21.5 Å². The summed E-state index contributed by atoms with van der Waals surface area (Å²) in [5.74, 6) is 2.41. The van der Waals surface area contributed by atoms with Crippen LogP contribution in [0.3, 0.4) is 0 Å². The number of hydrogen-bond donors (Lipinski definition) is 1. The fourth-order valence-corrected chi connectivity index (χ4v) is 5.21. The van der Waals surface area contributed by atoms with Crippen molar-refractivity contribution >= 4 is 34.4 Å². The Hall–Kier alpha value is -0.430. The summed E-state index contributed by atoms with van der Waals surface area (Å²) in [4.78, 5) is 2.83. The van der Waals surface area contributed by atoms with Crippen LogP contribution < -0.4 is 5.32 Å². The zero-order chi connectivity index (χ0) is 14.2. The summed E-state index contributed by atoms with van der Waals surface area (Å²) < 4.78 is 0. The predicted octanol–water partition coefficient (Wildman–Crippen LogP) is 3.94. The maximum atomic E-state index is 4.36. The Kier molecular flexibility index (Phi) is 4.17. The van der Waals surface area contributed by atoms with Gasteiger partial charge < -0.3 is 5.32 Å². The molecule has 1 N–H and O–H groups in total. The van der Waals surface area contributed by atoms with Gasteiger partial charge in [-0.1, -0.05) is 11.3 Å². The molecule has 3 rings (SSSR count). The van der Waals surface area contributed by atoms with E-state index in [1.54, 1.807) is 16.2 Å². The number of nitrogens with zero attached hydrogens (tertiary/aromatic N) is 2. The number of aryl methyl sites for hydroxylation is 1. The van der Waals surface area contributed by atoms with Crippen LogP contribution in [-0.4, -0.2) is 21.5 Å². The van der Waals surface area contributed by atoms with Crippen molar-refractivity contribution in [1.29, 1.82) is 0 Å². The Morgan fingerprint density at radius 3 is 2.85 bits per heavy atom. The van der Waals surface area contributed by atoms with E-state index < -0.39 is 0 Å². The second-order valence-electron chi connectivity index (χ2n) is 5.97. The Labute approximate surface area is 132 Å². The highest BCUT2D eigenvalue weighted by molar-refractivity contribution is 7.98. The number of thiophene rings is 1. The average Bonchev–Trinajstić information content (AvgIpc) is 3.01. The first-order valence-corrected chi connectivity index (χ1v) is 9.57. The second kappa shape index (κ2) is 5.75. The number of hydrogen-bond acceptors (Lipinski definition) is 6. The lowest BCUT2D eigenvalue weighted by atomic mass is 10.1. The summed E-state index contributed by atoms with van der Waals surface area (Å²) >= 11 is 5.63. The summed E-state index contributed by atoms with van der Waals surface area (Å²) in [7, 11) is 0. The molecule has 0 saturated heterocycles. The lowest BCUT2D eigenvalue weighted by Crippen LogP contribution is -2.35. The minimum atomic E-state index is 0.116. The fourth-order valence-electron chi connectivity index (χ4n) is 2.02. The van der Waals surface area contributed by atoms with E-state index in [2.05, 4.69) is 42.4 Å². The van der Waals surface area contributed by atoms with Crippen LogP contribution in [0.15, 0.2) is 6.07 Å². The highest BCUT2D eigenvalue weighted by atomic mass is 32.2. The summed E-state index contributed by atoms with van der Waals surface area (Å²) in [5, 5.41) is 14.3. The molecule has 0 saturated carbocycles. The van der Waals surface area contributed by atoms with E-state index in [0.29, 0.717) is 0 Å². The molecule has 3 heterocycles. The van der Waals surface area contributed by atoms with Gasteiger partial charge in [0.1, 0.15) is 5.01 Å². The average molecular weight is 326 g/mol. The molecule has 0 radical (unpaired) electrons. The summed E-state index contributed by atoms with van der Waals surface area (Å²) in [6.07, 6.45) is 1.21. The lowest BCUT2D eigenvalue weighted by molar-refractivity contribution is 0.423. The topological polar surface area (TPSA) is 37.8 Å². The summed E-state index contributed by atoms with van der Waals surface area (Å²) in [6.45, 7) is 7.29. The third kappa shape index (κ3) is 3.42. The van der Waals surface area contributed by atoms with Gasteiger partial charge in [-0.15, -0.1) is 21.5 Å². The number of thioether (sulfide) groups is 1. The molecule has 0 unspecified atom stereocenters. The van der Waals surface area contributed by atoms with Gasteiger partial charge in [-0.3, -0.25) is 0 Å². The number of aromatic nitrogens is 2. The van der Waals surface area contributed by atoms with E-state index in [4.69, 9.17) is 0 Å². The van der Waals surface area contributed by atoms with Crippen LogP contribution in [0.5, 0.6) is 0 Å². The molecule has 1 aliphatic rings. The largest absolute Gasteiger partial charge is 0.306 e. The summed E-state index contributed by atoms with van der Waals surface area (Å²) in [5.41, 5.74) is 1.62. The Morgan fingerprint density at radius 1 is 1.25 bits per heavy atom. The first-order valence-electron chi connectivity index (χ1n) is 6.78. The molecule has 108 valence electrons. The van der Waals surface area contributed by atoms with Crippen LogP contribution in [0.2, 0.25) is 0 Å². The highest BCUT2D eigenvalue weighted by Gasteiger charge is 2.17. The molecule has 0 fully saturated rings. The van der Waals surface area contributed by atoms with Crippen LogP contribution in [0.1, 0.15) is 36.2 Å². The van der Waals surface area contributed by atoms with Crippen molar-refractivity contribution in [2.75, 3.05) is 5.75 Å². The molecular formula is C14H19N3S3. The molecule has 2 aromatic rings. The predicted molar refractivity (Wildman–Crippen MR) is 89.7 cm³/mol. The first-order chi connectivity index (χ1) is 9.51. The molecule has 6 heteroatoms.